The number of fused-ring (bicyclic) bond motifs is 2. The maximum Gasteiger partial charge on any atom is 0.131 e. The molecule has 0 N–H and O–H groups in total. The van der Waals surface area contributed by atoms with Crippen LogP contribution in [0.15, 0.2) is 24.3 Å². The van der Waals surface area contributed by atoms with E-state index >= 15 is 0 Å². The third-order valence-corrected chi connectivity index (χ3v) is 3.73. The van der Waals surface area contributed by atoms with Gasteiger partial charge in [-0.15, -0.1) is 0 Å². The Labute approximate surface area is 108 Å². The fourth-order valence-corrected chi connectivity index (χ4v) is 2.85. The van der Waals surface area contributed by atoms with Crippen molar-refractivity contribution in [2.45, 2.75) is 34.1 Å². The molecule has 1 heterocycles. The molecule has 92 valence electrons. The summed E-state index contributed by atoms with van der Waals surface area (Å²) in [6, 6.07) is 8.75. The van der Waals surface area contributed by atoms with Gasteiger partial charge in [-0.3, -0.25) is 0 Å². The third kappa shape index (κ3) is 1.71. The molecule has 0 aliphatic carbocycles. The van der Waals surface area contributed by atoms with Crippen LogP contribution in [0, 0.1) is 27.7 Å². The monoisotopic (exact) mass is 238 g/mol. The highest BCUT2D eigenvalue weighted by Gasteiger charge is 2.20. The lowest BCUT2D eigenvalue weighted by Crippen LogP contribution is -2.07. The summed E-state index contributed by atoms with van der Waals surface area (Å²) in [7, 11) is 0. The molecule has 1 aliphatic heterocycles. The van der Waals surface area contributed by atoms with Crippen LogP contribution in [0.4, 0.5) is 0 Å². The van der Waals surface area contributed by atoms with Gasteiger partial charge in [0.1, 0.15) is 11.5 Å². The number of rotatable bonds is 0. The van der Waals surface area contributed by atoms with E-state index in [0.29, 0.717) is 0 Å². The SMILES string of the molecule is Cc1cc(C)c2c(c1)Oc1cc(C)cc(C)c1C2. The van der Waals surface area contributed by atoms with E-state index in [1.807, 2.05) is 0 Å². The molecule has 2 aromatic rings. The summed E-state index contributed by atoms with van der Waals surface area (Å²) in [5.41, 5.74) is 7.85. The van der Waals surface area contributed by atoms with Crippen LogP contribution in [0.5, 0.6) is 11.5 Å². The van der Waals surface area contributed by atoms with Crippen LogP contribution in [0.1, 0.15) is 33.4 Å². The Balaban J connectivity index is 2.18. The van der Waals surface area contributed by atoms with Crippen molar-refractivity contribution in [1.29, 1.82) is 0 Å². The number of ether oxygens (including phenoxy) is 1. The van der Waals surface area contributed by atoms with Crippen molar-refractivity contribution in [3.05, 3.63) is 57.6 Å². The molecule has 0 amide bonds. The van der Waals surface area contributed by atoms with Crippen LogP contribution in [0.2, 0.25) is 0 Å². The summed E-state index contributed by atoms with van der Waals surface area (Å²) in [6.07, 6.45) is 0.989. The summed E-state index contributed by atoms with van der Waals surface area (Å²) in [5.74, 6) is 2.06. The molecule has 0 spiro atoms. The fraction of sp³-hybridized carbons (Fsp3) is 0.294. The van der Waals surface area contributed by atoms with E-state index in [4.69, 9.17) is 4.74 Å². The number of hydrogen-bond acceptors (Lipinski definition) is 1. The molecule has 1 aliphatic rings. The van der Waals surface area contributed by atoms with E-state index < -0.39 is 0 Å². The largest absolute Gasteiger partial charge is 0.457 e. The topological polar surface area (TPSA) is 9.23 Å². The summed E-state index contributed by atoms with van der Waals surface area (Å²) < 4.78 is 6.10. The van der Waals surface area contributed by atoms with Gasteiger partial charge >= 0.3 is 0 Å². The highest BCUT2D eigenvalue weighted by Crippen LogP contribution is 2.40. The van der Waals surface area contributed by atoms with Crippen LogP contribution in [0.25, 0.3) is 0 Å². The van der Waals surface area contributed by atoms with E-state index in [-0.39, 0.29) is 0 Å². The highest BCUT2D eigenvalue weighted by molar-refractivity contribution is 5.56. The average Bonchev–Trinajstić information content (AvgIpc) is 2.26. The minimum Gasteiger partial charge on any atom is -0.457 e. The zero-order valence-electron chi connectivity index (χ0n) is 11.4. The molecular formula is C17H18O. The predicted octanol–water partition coefficient (Wildman–Crippen LogP) is 4.62. The molecule has 1 heteroatoms. The van der Waals surface area contributed by atoms with Crippen LogP contribution in [0.3, 0.4) is 0 Å². The summed E-state index contributed by atoms with van der Waals surface area (Å²) in [4.78, 5) is 0. The number of hydrogen-bond donors (Lipinski definition) is 0. The molecule has 0 unspecified atom stereocenters. The van der Waals surface area contributed by atoms with E-state index in [9.17, 15) is 0 Å². The Morgan fingerprint density at radius 3 is 1.61 bits per heavy atom. The first kappa shape index (κ1) is 11.3. The van der Waals surface area contributed by atoms with Crippen molar-refractivity contribution in [1.82, 2.24) is 0 Å². The van der Waals surface area contributed by atoms with Gasteiger partial charge in [0.2, 0.25) is 0 Å². The van der Waals surface area contributed by atoms with Crippen molar-refractivity contribution in [2.75, 3.05) is 0 Å². The standard InChI is InChI=1S/C17H18O/c1-10-5-12(3)14-9-15-13(4)6-11(2)8-17(15)18-16(14)7-10/h5-8H,9H2,1-4H3. The van der Waals surface area contributed by atoms with Crippen molar-refractivity contribution in [2.24, 2.45) is 0 Å². The highest BCUT2D eigenvalue weighted by atomic mass is 16.5. The number of aryl methyl sites for hydroxylation is 4. The molecule has 18 heavy (non-hydrogen) atoms. The maximum absolute atomic E-state index is 6.10. The van der Waals surface area contributed by atoms with Gasteiger partial charge < -0.3 is 4.74 Å². The van der Waals surface area contributed by atoms with Crippen molar-refractivity contribution >= 4 is 0 Å². The second-order valence-corrected chi connectivity index (χ2v) is 5.40. The average molecular weight is 238 g/mol. The second-order valence-electron chi connectivity index (χ2n) is 5.40. The molecular weight excluding hydrogens is 220 g/mol. The quantitative estimate of drug-likeness (QED) is 0.555. The van der Waals surface area contributed by atoms with Crippen LogP contribution >= 0.6 is 0 Å². The summed E-state index contributed by atoms with van der Waals surface area (Å²) >= 11 is 0. The maximum atomic E-state index is 6.10. The molecule has 2 aromatic carbocycles. The lowest BCUT2D eigenvalue weighted by atomic mass is 9.92. The Bertz CT molecular complexity index is 583. The van der Waals surface area contributed by atoms with Gasteiger partial charge in [0, 0.05) is 17.5 Å². The van der Waals surface area contributed by atoms with Crippen LogP contribution < -0.4 is 4.74 Å². The van der Waals surface area contributed by atoms with E-state index in [0.717, 1.165) is 17.9 Å². The smallest absolute Gasteiger partial charge is 0.131 e. The Kier molecular flexibility index (Phi) is 2.44. The van der Waals surface area contributed by atoms with Crippen LogP contribution in [-0.4, -0.2) is 0 Å². The van der Waals surface area contributed by atoms with Gasteiger partial charge in [-0.25, -0.2) is 0 Å². The van der Waals surface area contributed by atoms with Gasteiger partial charge in [0.15, 0.2) is 0 Å². The van der Waals surface area contributed by atoms with E-state index in [2.05, 4.69) is 52.0 Å². The fourth-order valence-electron chi connectivity index (χ4n) is 2.85. The normalized spacial score (nSPS) is 12.7. The van der Waals surface area contributed by atoms with Crippen molar-refractivity contribution in [3.8, 4) is 11.5 Å². The Morgan fingerprint density at radius 2 is 1.17 bits per heavy atom. The molecule has 0 radical (unpaired) electrons. The molecule has 0 aromatic heterocycles. The first-order chi connectivity index (χ1) is 8.54. The molecule has 0 fully saturated rings. The molecule has 3 rings (SSSR count). The number of benzene rings is 2. The molecule has 0 atom stereocenters. The molecule has 0 saturated carbocycles. The van der Waals surface area contributed by atoms with Crippen molar-refractivity contribution < 1.29 is 4.74 Å². The lowest BCUT2D eigenvalue weighted by molar-refractivity contribution is 0.457. The van der Waals surface area contributed by atoms with Gasteiger partial charge in [0.05, 0.1) is 0 Å². The molecule has 1 nitrogen and oxygen atoms in total. The van der Waals surface area contributed by atoms with E-state index in [1.165, 1.54) is 33.4 Å². The predicted molar refractivity (Wildman–Crippen MR) is 74.7 cm³/mol. The van der Waals surface area contributed by atoms with E-state index in [1.54, 1.807) is 0 Å². The third-order valence-electron chi connectivity index (χ3n) is 3.73. The van der Waals surface area contributed by atoms with Crippen LogP contribution in [-0.2, 0) is 6.42 Å². The van der Waals surface area contributed by atoms with Gasteiger partial charge in [0.25, 0.3) is 0 Å². The Morgan fingerprint density at radius 1 is 0.722 bits per heavy atom. The summed E-state index contributed by atoms with van der Waals surface area (Å²) in [6.45, 7) is 8.58. The zero-order valence-corrected chi connectivity index (χ0v) is 11.4. The lowest BCUT2D eigenvalue weighted by Gasteiger charge is -2.24. The summed E-state index contributed by atoms with van der Waals surface area (Å²) in [5, 5.41) is 0. The van der Waals surface area contributed by atoms with Gasteiger partial charge in [-0.05, 0) is 62.1 Å². The minimum atomic E-state index is 0.989. The zero-order chi connectivity index (χ0) is 12.9. The van der Waals surface area contributed by atoms with Crippen molar-refractivity contribution in [3.63, 3.8) is 0 Å². The molecule has 0 saturated heterocycles. The Hall–Kier alpha value is -1.76. The minimum absolute atomic E-state index is 0.989. The first-order valence-electron chi connectivity index (χ1n) is 6.42. The second kappa shape index (κ2) is 3.88. The van der Waals surface area contributed by atoms with Gasteiger partial charge in [-0.2, -0.15) is 0 Å². The van der Waals surface area contributed by atoms with Gasteiger partial charge in [-0.1, -0.05) is 12.1 Å². The first-order valence-corrected chi connectivity index (χ1v) is 6.42. The molecule has 0 bridgehead atoms.